The predicted octanol–water partition coefficient (Wildman–Crippen LogP) is 2.26. The number of anilines is 1. The highest BCUT2D eigenvalue weighted by molar-refractivity contribution is 6.04. The normalized spacial score (nSPS) is 10.8. The molecular formula is C21H25N3O4. The summed E-state index contributed by atoms with van der Waals surface area (Å²) in [5.74, 6) is -0.587. The lowest BCUT2D eigenvalue weighted by Gasteiger charge is -2.21. The lowest BCUT2D eigenvalue weighted by atomic mass is 10.1. The van der Waals surface area contributed by atoms with Gasteiger partial charge in [0.2, 0.25) is 5.91 Å². The van der Waals surface area contributed by atoms with Crippen LogP contribution in [0.1, 0.15) is 36.7 Å². The van der Waals surface area contributed by atoms with Gasteiger partial charge in [-0.1, -0.05) is 24.3 Å². The summed E-state index contributed by atoms with van der Waals surface area (Å²) >= 11 is 0. The first-order valence-electron chi connectivity index (χ1n) is 8.85. The number of nitrogens with one attached hydrogen (secondary N) is 2. The third-order valence-corrected chi connectivity index (χ3v) is 3.61. The Morgan fingerprint density at radius 3 is 2.25 bits per heavy atom. The third kappa shape index (κ3) is 6.75. The molecule has 0 radical (unpaired) electrons. The molecule has 2 rings (SSSR count). The van der Waals surface area contributed by atoms with Crippen molar-refractivity contribution in [1.29, 1.82) is 0 Å². The minimum atomic E-state index is -0.415. The van der Waals surface area contributed by atoms with Gasteiger partial charge < -0.3 is 21.1 Å². The van der Waals surface area contributed by atoms with Crippen molar-refractivity contribution in [2.75, 3.05) is 11.9 Å². The highest BCUT2D eigenvalue weighted by Crippen LogP contribution is 2.17. The Hall–Kier alpha value is -3.35. The summed E-state index contributed by atoms with van der Waals surface area (Å²) in [6.45, 7) is 5.43. The second-order valence-electron chi connectivity index (χ2n) is 7.37. The molecule has 2 aromatic rings. The van der Waals surface area contributed by atoms with Crippen molar-refractivity contribution in [2.45, 2.75) is 32.7 Å². The van der Waals surface area contributed by atoms with Crippen molar-refractivity contribution >= 4 is 23.4 Å². The van der Waals surface area contributed by atoms with E-state index in [0.717, 1.165) is 5.56 Å². The minimum absolute atomic E-state index is 0.147. The molecule has 0 aliphatic rings. The number of benzene rings is 2. The molecule has 0 unspecified atom stereocenters. The van der Waals surface area contributed by atoms with Crippen LogP contribution in [0.4, 0.5) is 5.69 Å². The van der Waals surface area contributed by atoms with Crippen molar-refractivity contribution in [3.05, 3.63) is 59.7 Å². The number of hydrogen-bond donors (Lipinski definition) is 3. The summed E-state index contributed by atoms with van der Waals surface area (Å²) in [5.41, 5.74) is 6.31. The average Bonchev–Trinajstić information content (AvgIpc) is 2.59. The van der Waals surface area contributed by atoms with E-state index in [1.807, 2.05) is 20.8 Å². The molecule has 0 aromatic heterocycles. The molecule has 0 spiro atoms. The lowest BCUT2D eigenvalue weighted by molar-refractivity contribution is -0.118. The van der Waals surface area contributed by atoms with Gasteiger partial charge in [-0.2, -0.15) is 0 Å². The van der Waals surface area contributed by atoms with Gasteiger partial charge in [-0.05, 0) is 50.6 Å². The number of primary amides is 1. The molecule has 7 heteroatoms. The Balaban J connectivity index is 1.96. The average molecular weight is 383 g/mol. The number of amides is 3. The number of carbonyl (C=O) groups is 3. The van der Waals surface area contributed by atoms with Gasteiger partial charge in [0.05, 0.1) is 17.7 Å². The molecule has 0 aliphatic heterocycles. The van der Waals surface area contributed by atoms with E-state index in [9.17, 15) is 14.4 Å². The number of para-hydroxylation sites is 1. The van der Waals surface area contributed by atoms with E-state index in [1.165, 1.54) is 0 Å². The molecule has 0 fully saturated rings. The molecule has 0 bridgehead atoms. The molecular weight excluding hydrogens is 358 g/mol. The molecule has 0 saturated heterocycles. The van der Waals surface area contributed by atoms with Gasteiger partial charge in [-0.25, -0.2) is 0 Å². The fourth-order valence-electron chi connectivity index (χ4n) is 2.44. The van der Waals surface area contributed by atoms with E-state index in [0.29, 0.717) is 17.0 Å². The Kier molecular flexibility index (Phi) is 6.76. The maximum absolute atomic E-state index is 12.4. The molecule has 2 aromatic carbocycles. The second kappa shape index (κ2) is 9.03. The quantitative estimate of drug-likeness (QED) is 0.681. The maximum atomic E-state index is 12.4. The van der Waals surface area contributed by atoms with Crippen molar-refractivity contribution in [1.82, 2.24) is 5.32 Å². The van der Waals surface area contributed by atoms with Crippen LogP contribution in [-0.2, 0) is 16.0 Å². The lowest BCUT2D eigenvalue weighted by Crippen LogP contribution is -2.41. The maximum Gasteiger partial charge on any atom is 0.262 e. The van der Waals surface area contributed by atoms with Crippen LogP contribution in [0.2, 0.25) is 0 Å². The molecule has 0 aliphatic carbocycles. The zero-order chi connectivity index (χ0) is 20.7. The first-order valence-corrected chi connectivity index (χ1v) is 8.85. The summed E-state index contributed by atoms with van der Waals surface area (Å²) in [7, 11) is 0. The largest absolute Gasteiger partial charge is 0.484 e. The van der Waals surface area contributed by atoms with Gasteiger partial charge in [0.25, 0.3) is 11.8 Å². The fraction of sp³-hybridized carbons (Fsp3) is 0.286. The number of rotatable bonds is 7. The van der Waals surface area contributed by atoms with E-state index < -0.39 is 17.4 Å². The van der Waals surface area contributed by atoms with E-state index in [1.54, 1.807) is 48.5 Å². The SMILES string of the molecule is CC(C)(C)NC(=O)c1ccccc1NC(=O)COc1ccc(CC(N)=O)cc1. The Morgan fingerprint density at radius 1 is 1.00 bits per heavy atom. The van der Waals surface area contributed by atoms with Crippen LogP contribution in [0, 0.1) is 0 Å². The molecule has 0 atom stereocenters. The van der Waals surface area contributed by atoms with Gasteiger partial charge in [-0.15, -0.1) is 0 Å². The fourth-order valence-corrected chi connectivity index (χ4v) is 2.44. The standard InChI is InChI=1S/C21H25N3O4/c1-21(2,3)24-20(27)16-6-4-5-7-17(16)23-19(26)13-28-15-10-8-14(9-11-15)12-18(22)25/h4-11H,12-13H2,1-3H3,(H2,22,25)(H,23,26)(H,24,27). The van der Waals surface area contributed by atoms with Gasteiger partial charge in [0.1, 0.15) is 5.75 Å². The van der Waals surface area contributed by atoms with Crippen LogP contribution in [0.25, 0.3) is 0 Å². The molecule has 0 saturated carbocycles. The Morgan fingerprint density at radius 2 is 1.64 bits per heavy atom. The second-order valence-corrected chi connectivity index (χ2v) is 7.37. The summed E-state index contributed by atoms with van der Waals surface area (Å²) < 4.78 is 5.45. The van der Waals surface area contributed by atoms with Gasteiger partial charge in [0.15, 0.2) is 6.61 Å². The summed E-state index contributed by atoms with van der Waals surface area (Å²) in [5, 5.41) is 5.57. The van der Waals surface area contributed by atoms with Gasteiger partial charge >= 0.3 is 0 Å². The minimum Gasteiger partial charge on any atom is -0.484 e. The number of carbonyl (C=O) groups excluding carboxylic acids is 3. The van der Waals surface area contributed by atoms with Crippen molar-refractivity contribution in [3.63, 3.8) is 0 Å². The van der Waals surface area contributed by atoms with E-state index in [4.69, 9.17) is 10.5 Å². The smallest absolute Gasteiger partial charge is 0.262 e. The van der Waals surface area contributed by atoms with Gasteiger partial charge in [-0.3, -0.25) is 14.4 Å². The number of hydrogen-bond acceptors (Lipinski definition) is 4. The van der Waals surface area contributed by atoms with E-state index >= 15 is 0 Å². The van der Waals surface area contributed by atoms with E-state index in [2.05, 4.69) is 10.6 Å². The molecule has 4 N–H and O–H groups in total. The summed E-state index contributed by atoms with van der Waals surface area (Å²) in [6.07, 6.45) is 0.147. The highest BCUT2D eigenvalue weighted by Gasteiger charge is 2.18. The summed E-state index contributed by atoms with van der Waals surface area (Å²) in [6, 6.07) is 13.5. The predicted molar refractivity (Wildman–Crippen MR) is 107 cm³/mol. The van der Waals surface area contributed by atoms with Gasteiger partial charge in [0, 0.05) is 5.54 Å². The summed E-state index contributed by atoms with van der Waals surface area (Å²) in [4.78, 5) is 35.6. The van der Waals surface area contributed by atoms with Crippen LogP contribution in [0.3, 0.4) is 0 Å². The third-order valence-electron chi connectivity index (χ3n) is 3.61. The molecule has 0 heterocycles. The van der Waals surface area contributed by atoms with Crippen molar-refractivity contribution < 1.29 is 19.1 Å². The van der Waals surface area contributed by atoms with E-state index in [-0.39, 0.29) is 18.9 Å². The molecule has 3 amide bonds. The first-order chi connectivity index (χ1) is 13.1. The van der Waals surface area contributed by atoms with Crippen molar-refractivity contribution in [3.8, 4) is 5.75 Å². The highest BCUT2D eigenvalue weighted by atomic mass is 16.5. The van der Waals surface area contributed by atoms with Crippen LogP contribution < -0.4 is 21.1 Å². The molecule has 28 heavy (non-hydrogen) atoms. The molecule has 148 valence electrons. The first kappa shape index (κ1) is 21.0. The van der Waals surface area contributed by atoms with Crippen LogP contribution >= 0.6 is 0 Å². The number of nitrogens with two attached hydrogens (primary N) is 1. The monoisotopic (exact) mass is 383 g/mol. The molecule has 7 nitrogen and oxygen atoms in total. The Bertz CT molecular complexity index is 855. The van der Waals surface area contributed by atoms with Crippen LogP contribution in [0.15, 0.2) is 48.5 Å². The zero-order valence-corrected chi connectivity index (χ0v) is 16.2. The number of ether oxygens (including phenoxy) is 1. The Labute approximate surface area is 164 Å². The van der Waals surface area contributed by atoms with Crippen LogP contribution in [0.5, 0.6) is 5.75 Å². The van der Waals surface area contributed by atoms with Crippen molar-refractivity contribution in [2.24, 2.45) is 5.73 Å². The van der Waals surface area contributed by atoms with Crippen LogP contribution in [-0.4, -0.2) is 29.9 Å². The zero-order valence-electron chi connectivity index (χ0n) is 16.2. The topological polar surface area (TPSA) is 111 Å².